The average molecular weight is 274 g/mol. The van der Waals surface area contributed by atoms with E-state index in [-0.39, 0.29) is 12.7 Å². The lowest BCUT2D eigenvalue weighted by Crippen LogP contribution is -2.20. The SMILES string of the molecule is O=C(OCC1CCCO1)c1ccccc1C(F)(F)F. The first-order valence-corrected chi connectivity index (χ1v) is 5.93. The highest BCUT2D eigenvalue weighted by Crippen LogP contribution is 2.32. The molecule has 2 rings (SSSR count). The van der Waals surface area contributed by atoms with Crippen LogP contribution in [0.25, 0.3) is 0 Å². The van der Waals surface area contributed by atoms with Crippen molar-refractivity contribution >= 4 is 5.97 Å². The molecule has 1 unspecified atom stereocenters. The highest BCUT2D eigenvalue weighted by Gasteiger charge is 2.35. The molecule has 1 aromatic carbocycles. The monoisotopic (exact) mass is 274 g/mol. The third-order valence-electron chi connectivity index (χ3n) is 2.88. The Labute approximate surface area is 108 Å². The van der Waals surface area contributed by atoms with E-state index >= 15 is 0 Å². The summed E-state index contributed by atoms with van der Waals surface area (Å²) in [6.45, 7) is 0.590. The molecule has 0 spiro atoms. The summed E-state index contributed by atoms with van der Waals surface area (Å²) in [5.41, 5.74) is -1.44. The van der Waals surface area contributed by atoms with Gasteiger partial charge in [0.2, 0.25) is 0 Å². The first-order chi connectivity index (χ1) is 8.98. The Morgan fingerprint density at radius 1 is 1.37 bits per heavy atom. The lowest BCUT2D eigenvalue weighted by Gasteiger charge is -2.13. The predicted octanol–water partition coefficient (Wildman–Crippen LogP) is 3.04. The number of alkyl halides is 3. The van der Waals surface area contributed by atoms with Crippen LogP contribution in [0.4, 0.5) is 13.2 Å². The van der Waals surface area contributed by atoms with Gasteiger partial charge in [-0.3, -0.25) is 0 Å². The number of ether oxygens (including phenoxy) is 2. The van der Waals surface area contributed by atoms with Gasteiger partial charge in [-0.2, -0.15) is 13.2 Å². The van der Waals surface area contributed by atoms with E-state index in [1.165, 1.54) is 12.1 Å². The van der Waals surface area contributed by atoms with Crippen LogP contribution in [0.15, 0.2) is 24.3 Å². The largest absolute Gasteiger partial charge is 0.459 e. The first-order valence-electron chi connectivity index (χ1n) is 5.93. The standard InChI is InChI=1S/C13H13F3O3/c14-13(15,16)11-6-2-1-5-10(11)12(17)19-8-9-4-3-7-18-9/h1-2,5-6,9H,3-4,7-8H2. The maximum absolute atomic E-state index is 12.7. The summed E-state index contributed by atoms with van der Waals surface area (Å²) in [7, 11) is 0. The summed E-state index contributed by atoms with van der Waals surface area (Å²) < 4.78 is 48.3. The maximum Gasteiger partial charge on any atom is 0.417 e. The molecule has 3 nitrogen and oxygen atoms in total. The van der Waals surface area contributed by atoms with Gasteiger partial charge in [-0.05, 0) is 25.0 Å². The van der Waals surface area contributed by atoms with Gasteiger partial charge in [-0.25, -0.2) is 4.79 Å². The highest BCUT2D eigenvalue weighted by atomic mass is 19.4. The van der Waals surface area contributed by atoms with Gasteiger partial charge < -0.3 is 9.47 Å². The Balaban J connectivity index is 2.06. The summed E-state index contributed by atoms with van der Waals surface area (Å²) in [6.07, 6.45) is -3.14. The summed E-state index contributed by atoms with van der Waals surface area (Å²) in [5, 5.41) is 0. The molecule has 0 N–H and O–H groups in total. The van der Waals surface area contributed by atoms with Crippen LogP contribution in [-0.2, 0) is 15.7 Å². The summed E-state index contributed by atoms with van der Waals surface area (Å²) in [6, 6.07) is 4.58. The van der Waals surface area contributed by atoms with Crippen LogP contribution in [0.1, 0.15) is 28.8 Å². The number of esters is 1. The number of halogens is 3. The van der Waals surface area contributed by atoms with E-state index in [4.69, 9.17) is 9.47 Å². The molecule has 19 heavy (non-hydrogen) atoms. The minimum atomic E-state index is -4.57. The fourth-order valence-corrected chi connectivity index (χ4v) is 1.93. The van der Waals surface area contributed by atoms with Crippen molar-refractivity contribution in [3.8, 4) is 0 Å². The zero-order valence-electron chi connectivity index (χ0n) is 10.1. The Kier molecular flexibility index (Phi) is 4.09. The van der Waals surface area contributed by atoms with Gasteiger partial charge in [0.25, 0.3) is 0 Å². The molecule has 0 bridgehead atoms. The second-order valence-corrected chi connectivity index (χ2v) is 4.28. The van der Waals surface area contributed by atoms with Crippen molar-refractivity contribution in [3.63, 3.8) is 0 Å². The molecule has 0 amide bonds. The molecule has 0 saturated carbocycles. The van der Waals surface area contributed by atoms with Gasteiger partial charge >= 0.3 is 12.1 Å². The molecule has 1 aliphatic rings. The second-order valence-electron chi connectivity index (χ2n) is 4.28. The lowest BCUT2D eigenvalue weighted by atomic mass is 10.1. The fourth-order valence-electron chi connectivity index (χ4n) is 1.93. The second kappa shape index (κ2) is 5.61. The van der Waals surface area contributed by atoms with Crippen molar-refractivity contribution in [2.45, 2.75) is 25.1 Å². The molecule has 0 aromatic heterocycles. The number of hydrogen-bond donors (Lipinski definition) is 0. The predicted molar refractivity (Wildman–Crippen MR) is 60.7 cm³/mol. The lowest BCUT2D eigenvalue weighted by molar-refractivity contribution is -0.138. The van der Waals surface area contributed by atoms with E-state index in [1.807, 2.05) is 0 Å². The van der Waals surface area contributed by atoms with Crippen molar-refractivity contribution in [1.29, 1.82) is 0 Å². The number of hydrogen-bond acceptors (Lipinski definition) is 3. The van der Waals surface area contributed by atoms with E-state index < -0.39 is 23.3 Å². The van der Waals surface area contributed by atoms with Gasteiger partial charge in [0, 0.05) is 6.61 Å². The van der Waals surface area contributed by atoms with Crippen LogP contribution in [0.2, 0.25) is 0 Å². The van der Waals surface area contributed by atoms with Crippen LogP contribution >= 0.6 is 0 Å². The Hall–Kier alpha value is -1.56. The molecule has 0 aliphatic carbocycles. The van der Waals surface area contributed by atoms with Crippen LogP contribution in [0.5, 0.6) is 0 Å². The normalized spacial score (nSPS) is 19.4. The molecule has 104 valence electrons. The Morgan fingerprint density at radius 3 is 2.74 bits per heavy atom. The van der Waals surface area contributed by atoms with Crippen molar-refractivity contribution in [3.05, 3.63) is 35.4 Å². The van der Waals surface area contributed by atoms with Crippen molar-refractivity contribution in [2.75, 3.05) is 13.2 Å². The van der Waals surface area contributed by atoms with E-state index in [2.05, 4.69) is 0 Å². The van der Waals surface area contributed by atoms with E-state index in [9.17, 15) is 18.0 Å². The van der Waals surface area contributed by atoms with Gasteiger partial charge in [-0.1, -0.05) is 12.1 Å². The Bertz CT molecular complexity index is 451. The minimum absolute atomic E-state index is 0.00890. The number of rotatable bonds is 3. The maximum atomic E-state index is 12.7. The van der Waals surface area contributed by atoms with E-state index in [1.54, 1.807) is 0 Å². The number of carbonyl (C=O) groups excluding carboxylic acids is 1. The molecular weight excluding hydrogens is 261 g/mol. The van der Waals surface area contributed by atoms with E-state index in [0.29, 0.717) is 6.61 Å². The third-order valence-corrected chi connectivity index (χ3v) is 2.88. The summed E-state index contributed by atoms with van der Waals surface area (Å²) >= 11 is 0. The molecule has 1 heterocycles. The zero-order valence-corrected chi connectivity index (χ0v) is 10.1. The van der Waals surface area contributed by atoms with Gasteiger partial charge in [0.1, 0.15) is 6.61 Å². The quantitative estimate of drug-likeness (QED) is 0.795. The van der Waals surface area contributed by atoms with Crippen LogP contribution in [0.3, 0.4) is 0 Å². The smallest absolute Gasteiger partial charge is 0.417 e. The zero-order chi connectivity index (χ0) is 13.9. The first kappa shape index (κ1) is 13.9. The molecular formula is C13H13F3O3. The van der Waals surface area contributed by atoms with Gasteiger partial charge in [0.05, 0.1) is 17.2 Å². The molecule has 1 saturated heterocycles. The number of carbonyl (C=O) groups is 1. The van der Waals surface area contributed by atoms with Crippen LogP contribution in [-0.4, -0.2) is 25.3 Å². The molecule has 1 aromatic rings. The summed E-state index contributed by atoms with van der Waals surface area (Å²) in [5.74, 6) is -0.969. The molecule has 6 heteroatoms. The molecule has 1 atom stereocenters. The molecule has 1 fully saturated rings. The van der Waals surface area contributed by atoms with Crippen LogP contribution in [0, 0.1) is 0 Å². The average Bonchev–Trinajstić information content (AvgIpc) is 2.88. The van der Waals surface area contributed by atoms with E-state index in [0.717, 1.165) is 25.0 Å². The van der Waals surface area contributed by atoms with Crippen LogP contribution < -0.4 is 0 Å². The van der Waals surface area contributed by atoms with Crippen molar-refractivity contribution in [2.24, 2.45) is 0 Å². The van der Waals surface area contributed by atoms with Gasteiger partial charge in [-0.15, -0.1) is 0 Å². The topological polar surface area (TPSA) is 35.5 Å². The minimum Gasteiger partial charge on any atom is -0.459 e. The fraction of sp³-hybridized carbons (Fsp3) is 0.462. The molecule has 0 radical (unpaired) electrons. The van der Waals surface area contributed by atoms with Crippen molar-refractivity contribution < 1.29 is 27.4 Å². The summed E-state index contributed by atoms with van der Waals surface area (Å²) in [4.78, 5) is 11.7. The molecule has 1 aliphatic heterocycles. The third kappa shape index (κ3) is 3.47. The Morgan fingerprint density at radius 2 is 2.11 bits per heavy atom. The van der Waals surface area contributed by atoms with Gasteiger partial charge in [0.15, 0.2) is 0 Å². The number of benzene rings is 1. The highest BCUT2D eigenvalue weighted by molar-refractivity contribution is 5.91. The van der Waals surface area contributed by atoms with Crippen molar-refractivity contribution in [1.82, 2.24) is 0 Å².